The normalized spacial score (nSPS) is 23.6. The highest BCUT2D eigenvalue weighted by molar-refractivity contribution is 6.31. The fourth-order valence-corrected chi connectivity index (χ4v) is 6.09. The number of carbonyl (C=O) groups is 2. The number of rotatable bonds is 6. The maximum atomic E-state index is 14.3. The molecule has 2 N–H and O–H groups in total. The number of aromatic amines is 1. The molecule has 3 aromatic rings. The number of amides is 3. The number of phenols is 1. The minimum Gasteiger partial charge on any atom is -0.508 e. The SMILES string of the molecule is CN(CCCN1C(=O)N2[C@H](c3cccc(O)c3)c3[nH]c4cc(F)c(Cl)cc4c3C[C@@]2(C)C1=O)C1CC1. The molecule has 0 spiro atoms. The van der Waals surface area contributed by atoms with Crippen molar-refractivity contribution < 1.29 is 19.1 Å². The van der Waals surface area contributed by atoms with Crippen LogP contribution >= 0.6 is 11.6 Å². The van der Waals surface area contributed by atoms with Crippen LogP contribution in [-0.4, -0.2) is 68.4 Å². The van der Waals surface area contributed by atoms with Gasteiger partial charge in [-0.05, 0) is 75.2 Å². The molecule has 1 aliphatic carbocycles. The van der Waals surface area contributed by atoms with Gasteiger partial charge in [0, 0.05) is 35.6 Å². The maximum absolute atomic E-state index is 14.3. The Labute approximate surface area is 213 Å². The zero-order chi connectivity index (χ0) is 25.4. The number of hydrogen-bond donors (Lipinski definition) is 2. The van der Waals surface area contributed by atoms with Crippen LogP contribution in [0.2, 0.25) is 5.02 Å². The van der Waals surface area contributed by atoms with Crippen molar-refractivity contribution >= 4 is 34.4 Å². The van der Waals surface area contributed by atoms with Crippen LogP contribution < -0.4 is 0 Å². The summed E-state index contributed by atoms with van der Waals surface area (Å²) in [6, 6.07) is 9.23. The highest BCUT2D eigenvalue weighted by Gasteiger charge is 2.60. The number of phenolic OH excluding ortho intramolecular Hbond substituents is 1. The van der Waals surface area contributed by atoms with E-state index in [2.05, 4.69) is 16.9 Å². The zero-order valence-electron chi connectivity index (χ0n) is 20.2. The molecule has 1 saturated heterocycles. The number of imide groups is 1. The van der Waals surface area contributed by atoms with Crippen molar-refractivity contribution in [2.75, 3.05) is 20.1 Å². The molecule has 9 heteroatoms. The van der Waals surface area contributed by atoms with Crippen molar-refractivity contribution in [1.29, 1.82) is 0 Å². The van der Waals surface area contributed by atoms with Gasteiger partial charge >= 0.3 is 6.03 Å². The lowest BCUT2D eigenvalue weighted by Gasteiger charge is -2.42. The first kappa shape index (κ1) is 23.3. The van der Waals surface area contributed by atoms with E-state index in [1.165, 1.54) is 23.8 Å². The summed E-state index contributed by atoms with van der Waals surface area (Å²) in [4.78, 5) is 36.3. The molecule has 2 aliphatic heterocycles. The standard InChI is InChI=1S/C27H28ClFN4O3/c1-27-14-19-18-12-20(28)21(29)13-22(18)30-23(19)24(15-5-3-6-17(34)11-15)33(27)26(36)32(25(27)35)10-4-9-31(2)16-7-8-16/h3,5-6,11-13,16,24,30,34H,4,7-10,14H2,1-2H3/t24-,27+/m1/s1. The number of halogens is 2. The number of H-pyrrole nitrogens is 1. The van der Waals surface area contributed by atoms with E-state index in [0.717, 1.165) is 17.5 Å². The van der Waals surface area contributed by atoms with E-state index in [1.54, 1.807) is 36.1 Å². The van der Waals surface area contributed by atoms with E-state index in [0.29, 0.717) is 35.8 Å². The van der Waals surface area contributed by atoms with Crippen LogP contribution in [0.4, 0.5) is 9.18 Å². The molecule has 188 valence electrons. The van der Waals surface area contributed by atoms with Gasteiger partial charge < -0.3 is 15.0 Å². The van der Waals surface area contributed by atoms with Gasteiger partial charge in [0.1, 0.15) is 23.1 Å². The number of fused-ring (bicyclic) bond motifs is 4. The third-order valence-corrected chi connectivity index (χ3v) is 8.25. The van der Waals surface area contributed by atoms with Crippen molar-refractivity contribution in [2.45, 2.75) is 50.2 Å². The molecule has 7 nitrogen and oxygen atoms in total. The zero-order valence-corrected chi connectivity index (χ0v) is 21.0. The molecule has 0 unspecified atom stereocenters. The summed E-state index contributed by atoms with van der Waals surface area (Å²) in [6.45, 7) is 2.97. The summed E-state index contributed by atoms with van der Waals surface area (Å²) < 4.78 is 14.3. The Bertz CT molecular complexity index is 1400. The van der Waals surface area contributed by atoms with Crippen LogP contribution in [0.25, 0.3) is 10.9 Å². The quantitative estimate of drug-likeness (QED) is 0.466. The van der Waals surface area contributed by atoms with Crippen LogP contribution in [-0.2, 0) is 11.2 Å². The van der Waals surface area contributed by atoms with Crippen molar-refractivity contribution in [3.05, 3.63) is 64.1 Å². The van der Waals surface area contributed by atoms with Gasteiger partial charge in [0.25, 0.3) is 5.91 Å². The Hall–Kier alpha value is -3.10. The van der Waals surface area contributed by atoms with Crippen LogP contribution in [0.1, 0.15) is 49.0 Å². The summed E-state index contributed by atoms with van der Waals surface area (Å²) in [7, 11) is 2.08. The lowest BCUT2D eigenvalue weighted by atomic mass is 9.81. The Morgan fingerprint density at radius 1 is 1.25 bits per heavy atom. The van der Waals surface area contributed by atoms with Gasteiger partial charge in [-0.1, -0.05) is 23.7 Å². The van der Waals surface area contributed by atoms with Crippen molar-refractivity contribution in [2.24, 2.45) is 0 Å². The van der Waals surface area contributed by atoms with E-state index in [1.807, 2.05) is 6.07 Å². The minimum absolute atomic E-state index is 0.000946. The summed E-state index contributed by atoms with van der Waals surface area (Å²) in [5, 5.41) is 11.0. The van der Waals surface area contributed by atoms with Crippen LogP contribution in [0.5, 0.6) is 5.75 Å². The predicted octanol–water partition coefficient (Wildman–Crippen LogP) is 4.82. The van der Waals surface area contributed by atoms with Crippen molar-refractivity contribution in [1.82, 2.24) is 19.7 Å². The van der Waals surface area contributed by atoms with Crippen molar-refractivity contribution in [3.8, 4) is 5.75 Å². The molecule has 2 atom stereocenters. The van der Waals surface area contributed by atoms with Gasteiger partial charge in [-0.15, -0.1) is 0 Å². The van der Waals surface area contributed by atoms with Gasteiger partial charge in [0.2, 0.25) is 0 Å². The van der Waals surface area contributed by atoms with Gasteiger partial charge in [-0.2, -0.15) is 0 Å². The highest BCUT2D eigenvalue weighted by atomic mass is 35.5. The second-order valence-electron chi connectivity index (χ2n) is 10.5. The molecule has 1 aromatic heterocycles. The summed E-state index contributed by atoms with van der Waals surface area (Å²) >= 11 is 6.13. The number of urea groups is 1. The average molecular weight is 511 g/mol. The molecular formula is C27H28ClFN4O3. The molecule has 0 bridgehead atoms. The monoisotopic (exact) mass is 510 g/mol. The topological polar surface area (TPSA) is 79.9 Å². The molecule has 6 rings (SSSR count). The third-order valence-electron chi connectivity index (χ3n) is 7.96. The number of aromatic hydroxyl groups is 1. The highest BCUT2D eigenvalue weighted by Crippen LogP contribution is 2.49. The van der Waals surface area contributed by atoms with Crippen LogP contribution in [0, 0.1) is 5.82 Å². The molecule has 3 amide bonds. The average Bonchev–Trinajstić information content (AvgIpc) is 3.61. The van der Waals surface area contributed by atoms with E-state index in [4.69, 9.17) is 11.6 Å². The number of nitrogens with zero attached hydrogens (tertiary/aromatic N) is 3. The molecule has 2 aromatic carbocycles. The smallest absolute Gasteiger partial charge is 0.328 e. The molecule has 36 heavy (non-hydrogen) atoms. The van der Waals surface area contributed by atoms with Gasteiger partial charge in [-0.25, -0.2) is 9.18 Å². The molecular weight excluding hydrogens is 483 g/mol. The first-order chi connectivity index (χ1) is 17.2. The van der Waals surface area contributed by atoms with E-state index in [9.17, 15) is 19.1 Å². The third kappa shape index (κ3) is 3.50. The molecule has 1 saturated carbocycles. The second-order valence-corrected chi connectivity index (χ2v) is 10.9. The fraction of sp³-hybridized carbons (Fsp3) is 0.407. The molecule has 0 radical (unpaired) electrons. The first-order valence-electron chi connectivity index (χ1n) is 12.3. The number of hydrogen-bond acceptors (Lipinski definition) is 4. The van der Waals surface area contributed by atoms with E-state index < -0.39 is 17.4 Å². The second kappa shape index (κ2) is 8.21. The Balaban J connectivity index is 1.43. The van der Waals surface area contributed by atoms with Crippen LogP contribution in [0.15, 0.2) is 36.4 Å². The number of carbonyl (C=O) groups excluding carboxylic acids is 2. The lowest BCUT2D eigenvalue weighted by Crippen LogP contribution is -2.53. The van der Waals surface area contributed by atoms with E-state index >= 15 is 0 Å². The summed E-state index contributed by atoms with van der Waals surface area (Å²) in [5.41, 5.74) is 1.62. The van der Waals surface area contributed by atoms with Crippen LogP contribution in [0.3, 0.4) is 0 Å². The summed E-state index contributed by atoms with van der Waals surface area (Å²) in [6.07, 6.45) is 3.39. The van der Waals surface area contributed by atoms with Gasteiger partial charge in [0.15, 0.2) is 0 Å². The minimum atomic E-state index is -1.13. The molecule has 3 heterocycles. The van der Waals surface area contributed by atoms with Gasteiger partial charge in [-0.3, -0.25) is 14.6 Å². The first-order valence-corrected chi connectivity index (χ1v) is 12.7. The number of benzene rings is 2. The van der Waals surface area contributed by atoms with Crippen molar-refractivity contribution in [3.63, 3.8) is 0 Å². The Morgan fingerprint density at radius 2 is 2.03 bits per heavy atom. The Kier molecular flexibility index (Phi) is 5.32. The number of aromatic nitrogens is 1. The maximum Gasteiger partial charge on any atom is 0.328 e. The fourth-order valence-electron chi connectivity index (χ4n) is 5.92. The Morgan fingerprint density at radius 3 is 2.75 bits per heavy atom. The predicted molar refractivity (Wildman–Crippen MR) is 135 cm³/mol. The number of nitrogens with one attached hydrogen (secondary N) is 1. The molecule has 2 fully saturated rings. The molecule has 3 aliphatic rings. The lowest BCUT2D eigenvalue weighted by molar-refractivity contribution is -0.133. The van der Waals surface area contributed by atoms with E-state index in [-0.39, 0.29) is 29.1 Å². The summed E-state index contributed by atoms with van der Waals surface area (Å²) in [5.74, 6) is -0.720. The van der Waals surface area contributed by atoms with Gasteiger partial charge in [0.05, 0.1) is 5.02 Å². The largest absolute Gasteiger partial charge is 0.508 e.